The van der Waals surface area contributed by atoms with Crippen molar-refractivity contribution in [3.8, 4) is 0 Å². The molecule has 0 heterocycles. The Morgan fingerprint density at radius 3 is 1.80 bits per heavy atom. The van der Waals surface area contributed by atoms with Crippen molar-refractivity contribution in [2.75, 3.05) is 6.61 Å². The fourth-order valence-corrected chi connectivity index (χ4v) is 2.95. The minimum Gasteiger partial charge on any atom is -0.454 e. The molecular weight excluding hydrogens is 316 g/mol. The van der Waals surface area contributed by atoms with E-state index in [1.54, 1.807) is 24.3 Å². The van der Waals surface area contributed by atoms with Crippen molar-refractivity contribution in [1.82, 2.24) is 0 Å². The fourth-order valence-electron chi connectivity index (χ4n) is 2.95. The van der Waals surface area contributed by atoms with Gasteiger partial charge in [0.25, 0.3) is 0 Å². The monoisotopic (exact) mass is 340 g/mol. The number of hydrogen-bond donors (Lipinski definition) is 1. The number of carbonyl (C=O) groups is 2. The number of aliphatic hydroxyl groups is 1. The van der Waals surface area contributed by atoms with Gasteiger partial charge in [0, 0.05) is 5.56 Å². The molecule has 0 saturated carbocycles. The maximum atomic E-state index is 12.6. The summed E-state index contributed by atoms with van der Waals surface area (Å²) in [6, 6.07) is 6.46. The van der Waals surface area contributed by atoms with E-state index < -0.39 is 5.97 Å². The van der Waals surface area contributed by atoms with E-state index in [1.165, 1.54) is 5.56 Å². The number of ketones is 1. The van der Waals surface area contributed by atoms with Gasteiger partial charge in [-0.1, -0.05) is 12.1 Å². The zero-order valence-electron chi connectivity index (χ0n) is 15.4. The Hall–Kier alpha value is -2.46. The molecule has 0 bridgehead atoms. The van der Waals surface area contributed by atoms with Crippen LogP contribution < -0.4 is 0 Å². The number of hydrogen-bond acceptors (Lipinski definition) is 4. The van der Waals surface area contributed by atoms with E-state index in [0.717, 1.165) is 22.3 Å². The molecule has 2 rings (SSSR count). The highest BCUT2D eigenvalue weighted by atomic mass is 16.5. The van der Waals surface area contributed by atoms with Gasteiger partial charge < -0.3 is 9.84 Å². The van der Waals surface area contributed by atoms with Gasteiger partial charge in [0.1, 0.15) is 0 Å². The number of esters is 1. The Labute approximate surface area is 148 Å². The van der Waals surface area contributed by atoms with Gasteiger partial charge in [0.15, 0.2) is 6.61 Å². The molecule has 0 aliphatic heterocycles. The third-order valence-corrected chi connectivity index (χ3v) is 4.99. The number of rotatable bonds is 5. The van der Waals surface area contributed by atoms with Gasteiger partial charge in [0.05, 0.1) is 12.2 Å². The summed E-state index contributed by atoms with van der Waals surface area (Å²) >= 11 is 0. The lowest BCUT2D eigenvalue weighted by atomic mass is 9.88. The van der Waals surface area contributed by atoms with Gasteiger partial charge >= 0.3 is 5.97 Å². The lowest BCUT2D eigenvalue weighted by Gasteiger charge is -2.17. The summed E-state index contributed by atoms with van der Waals surface area (Å²) in [7, 11) is 0. The number of Topliss-reactive ketones (excluding diaryl/α,β-unsaturated/α-hetero) is 1. The van der Waals surface area contributed by atoms with Crippen molar-refractivity contribution in [2.45, 2.75) is 41.2 Å². The second kappa shape index (κ2) is 7.62. The molecule has 0 spiro atoms. The zero-order chi connectivity index (χ0) is 18.7. The molecule has 0 aliphatic rings. The lowest BCUT2D eigenvalue weighted by Crippen LogP contribution is -2.17. The quantitative estimate of drug-likeness (QED) is 0.665. The van der Waals surface area contributed by atoms with Gasteiger partial charge in [-0.15, -0.1) is 0 Å². The zero-order valence-corrected chi connectivity index (χ0v) is 15.4. The molecule has 25 heavy (non-hydrogen) atoms. The molecule has 4 heteroatoms. The van der Waals surface area contributed by atoms with Crippen LogP contribution in [0.2, 0.25) is 0 Å². The predicted molar refractivity (Wildman–Crippen MR) is 97.1 cm³/mol. The van der Waals surface area contributed by atoms with E-state index in [9.17, 15) is 9.59 Å². The van der Waals surface area contributed by atoms with Crippen LogP contribution in [0.4, 0.5) is 0 Å². The minimum atomic E-state index is -0.547. The summed E-state index contributed by atoms with van der Waals surface area (Å²) in [5.74, 6) is -0.741. The predicted octanol–water partition coefficient (Wildman–Crippen LogP) is 3.76. The van der Waals surface area contributed by atoms with Crippen molar-refractivity contribution >= 4 is 11.8 Å². The van der Waals surface area contributed by atoms with Crippen molar-refractivity contribution in [3.63, 3.8) is 0 Å². The second-order valence-corrected chi connectivity index (χ2v) is 6.35. The minimum absolute atomic E-state index is 0.0848. The average Bonchev–Trinajstić information content (AvgIpc) is 2.63. The fraction of sp³-hybridized carbons (Fsp3) is 0.333. The first-order valence-corrected chi connectivity index (χ1v) is 8.25. The summed E-state index contributed by atoms with van der Waals surface area (Å²) in [4.78, 5) is 24.7. The van der Waals surface area contributed by atoms with Crippen LogP contribution in [0, 0.1) is 34.6 Å². The Kier molecular flexibility index (Phi) is 5.75. The van der Waals surface area contributed by atoms with Crippen molar-refractivity contribution in [3.05, 3.63) is 68.8 Å². The second-order valence-electron chi connectivity index (χ2n) is 6.35. The molecule has 0 aliphatic carbocycles. The standard InChI is InChI=1S/C21H24O4/c1-12-13(2)15(4)20(16(5)14(12)3)19(23)11-25-21(24)18-8-6-17(10-22)7-9-18/h6-9,22H,10-11H2,1-5H3. The Morgan fingerprint density at radius 2 is 1.32 bits per heavy atom. The molecule has 0 aromatic heterocycles. The van der Waals surface area contributed by atoms with Gasteiger partial charge in [0.2, 0.25) is 5.78 Å². The number of aliphatic hydroxyl groups excluding tert-OH is 1. The highest BCUT2D eigenvalue weighted by Gasteiger charge is 2.19. The van der Waals surface area contributed by atoms with Crippen LogP contribution in [-0.2, 0) is 11.3 Å². The molecule has 2 aromatic carbocycles. The van der Waals surface area contributed by atoms with Crippen molar-refractivity contribution < 1.29 is 19.4 Å². The van der Waals surface area contributed by atoms with Crippen LogP contribution in [0.3, 0.4) is 0 Å². The van der Waals surface area contributed by atoms with E-state index in [1.807, 2.05) is 27.7 Å². The Bertz CT molecular complexity index is 788. The first-order chi connectivity index (χ1) is 11.8. The van der Waals surface area contributed by atoms with Crippen LogP contribution in [0.1, 0.15) is 54.1 Å². The molecule has 0 atom stereocenters. The normalized spacial score (nSPS) is 10.6. The number of benzene rings is 2. The molecule has 0 fully saturated rings. The van der Waals surface area contributed by atoms with Crippen molar-refractivity contribution in [2.24, 2.45) is 0 Å². The summed E-state index contributed by atoms with van der Waals surface area (Å²) in [5, 5.41) is 9.02. The maximum absolute atomic E-state index is 12.6. The van der Waals surface area contributed by atoms with Gasteiger partial charge in [-0.3, -0.25) is 4.79 Å². The van der Waals surface area contributed by atoms with Gasteiger partial charge in [-0.05, 0) is 80.1 Å². The lowest BCUT2D eigenvalue weighted by molar-refractivity contribution is 0.0474. The summed E-state index contributed by atoms with van der Waals surface area (Å²) in [5.41, 5.74) is 6.97. The van der Waals surface area contributed by atoms with Crippen LogP contribution in [0.5, 0.6) is 0 Å². The summed E-state index contributed by atoms with van der Waals surface area (Å²) < 4.78 is 5.19. The van der Waals surface area contributed by atoms with Gasteiger partial charge in [-0.2, -0.15) is 0 Å². The first-order valence-electron chi connectivity index (χ1n) is 8.25. The van der Waals surface area contributed by atoms with Crippen LogP contribution in [0.15, 0.2) is 24.3 Å². The third-order valence-electron chi connectivity index (χ3n) is 4.99. The molecule has 132 valence electrons. The third kappa shape index (κ3) is 3.80. The van der Waals surface area contributed by atoms with E-state index in [4.69, 9.17) is 9.84 Å². The van der Waals surface area contributed by atoms with Gasteiger partial charge in [-0.25, -0.2) is 4.79 Å². The molecule has 0 unspecified atom stereocenters. The largest absolute Gasteiger partial charge is 0.454 e. The van der Waals surface area contributed by atoms with E-state index >= 15 is 0 Å². The van der Waals surface area contributed by atoms with Crippen molar-refractivity contribution in [1.29, 1.82) is 0 Å². The SMILES string of the molecule is Cc1c(C)c(C)c(C(=O)COC(=O)c2ccc(CO)cc2)c(C)c1C. The molecule has 1 N–H and O–H groups in total. The van der Waals surface area contributed by atoms with Crippen LogP contribution in [0.25, 0.3) is 0 Å². The maximum Gasteiger partial charge on any atom is 0.338 e. The Balaban J connectivity index is 2.16. The molecule has 0 amide bonds. The molecule has 4 nitrogen and oxygen atoms in total. The number of carbonyl (C=O) groups excluding carboxylic acids is 2. The number of ether oxygens (including phenoxy) is 1. The first kappa shape index (κ1) is 18.9. The van der Waals surface area contributed by atoms with Crippen LogP contribution >= 0.6 is 0 Å². The van der Waals surface area contributed by atoms with E-state index in [0.29, 0.717) is 16.7 Å². The Morgan fingerprint density at radius 1 is 0.840 bits per heavy atom. The van der Waals surface area contributed by atoms with E-state index in [2.05, 4.69) is 6.92 Å². The summed E-state index contributed by atoms with van der Waals surface area (Å²) in [6.07, 6.45) is 0. The topological polar surface area (TPSA) is 63.6 Å². The molecule has 0 radical (unpaired) electrons. The average molecular weight is 340 g/mol. The van der Waals surface area contributed by atoms with Crippen LogP contribution in [-0.4, -0.2) is 23.5 Å². The molecule has 0 saturated heterocycles. The summed E-state index contributed by atoms with van der Waals surface area (Å²) in [6.45, 7) is 9.54. The van der Waals surface area contributed by atoms with E-state index in [-0.39, 0.29) is 19.0 Å². The smallest absolute Gasteiger partial charge is 0.338 e. The molecule has 2 aromatic rings. The molecular formula is C21H24O4. The highest BCUT2D eigenvalue weighted by Crippen LogP contribution is 2.26. The highest BCUT2D eigenvalue weighted by molar-refractivity contribution is 6.02.